The zero-order valence-electron chi connectivity index (χ0n) is 12.2. The van der Waals surface area contributed by atoms with Gasteiger partial charge < -0.3 is 15.3 Å². The number of carbonyl (C=O) groups is 2. The molecule has 2 unspecified atom stereocenters. The predicted octanol–water partition coefficient (Wildman–Crippen LogP) is 2.17. The first-order chi connectivity index (χ1) is 8.95. The lowest BCUT2D eigenvalue weighted by Crippen LogP contribution is -2.42. The van der Waals surface area contributed by atoms with E-state index in [0.717, 1.165) is 32.4 Å². The molecule has 1 fully saturated rings. The molecular formula is C14H26N2O3. The van der Waals surface area contributed by atoms with Crippen LogP contribution in [-0.2, 0) is 4.79 Å². The van der Waals surface area contributed by atoms with Crippen molar-refractivity contribution in [3.05, 3.63) is 0 Å². The highest BCUT2D eigenvalue weighted by atomic mass is 16.4. The number of aliphatic carboxylic acids is 1. The van der Waals surface area contributed by atoms with E-state index in [-0.39, 0.29) is 18.5 Å². The summed E-state index contributed by atoms with van der Waals surface area (Å²) in [5.74, 6) is -0.737. The van der Waals surface area contributed by atoms with Crippen LogP contribution in [0.1, 0.15) is 40.0 Å². The maximum atomic E-state index is 12.0. The van der Waals surface area contributed by atoms with E-state index in [1.165, 1.54) is 0 Å². The van der Waals surface area contributed by atoms with Gasteiger partial charge in [0, 0.05) is 19.6 Å². The molecule has 0 aromatic carbocycles. The van der Waals surface area contributed by atoms with Crippen LogP contribution in [0, 0.1) is 17.8 Å². The summed E-state index contributed by atoms with van der Waals surface area (Å²) in [4.78, 5) is 24.8. The van der Waals surface area contributed by atoms with Crippen molar-refractivity contribution in [3.8, 4) is 0 Å². The number of rotatable bonds is 6. The van der Waals surface area contributed by atoms with E-state index < -0.39 is 11.9 Å². The standard InChI is InChI=1S/C14H26N2O3/c1-4-5-11-6-7-16(9-11)14(19)15-8-12(10(2)3)13(17)18/h10-12H,4-9H2,1-3H3,(H,15,19)(H,17,18). The van der Waals surface area contributed by atoms with Gasteiger partial charge in [-0.1, -0.05) is 27.2 Å². The molecule has 1 saturated heterocycles. The SMILES string of the molecule is CCCC1CCN(C(=O)NCC(C(=O)O)C(C)C)C1. The first-order valence-electron chi connectivity index (χ1n) is 7.21. The Kier molecular flexibility index (Phi) is 6.12. The Morgan fingerprint density at radius 2 is 2.11 bits per heavy atom. The summed E-state index contributed by atoms with van der Waals surface area (Å²) in [5.41, 5.74) is 0. The summed E-state index contributed by atoms with van der Waals surface area (Å²) in [7, 11) is 0. The first-order valence-corrected chi connectivity index (χ1v) is 7.21. The summed E-state index contributed by atoms with van der Waals surface area (Å²) in [6, 6.07) is -0.120. The van der Waals surface area contributed by atoms with E-state index in [0.29, 0.717) is 5.92 Å². The number of urea groups is 1. The fourth-order valence-corrected chi connectivity index (χ4v) is 2.58. The van der Waals surface area contributed by atoms with Crippen molar-refractivity contribution in [1.29, 1.82) is 0 Å². The number of carboxylic acid groups (broad SMARTS) is 1. The number of hydrogen-bond donors (Lipinski definition) is 2. The molecule has 110 valence electrons. The number of amides is 2. The minimum absolute atomic E-state index is 0.0178. The maximum absolute atomic E-state index is 12.0. The van der Waals surface area contributed by atoms with E-state index in [1.54, 1.807) is 4.90 Å². The molecule has 2 amide bonds. The highest BCUT2D eigenvalue weighted by Gasteiger charge is 2.27. The third kappa shape index (κ3) is 4.73. The molecule has 5 heteroatoms. The van der Waals surface area contributed by atoms with Gasteiger partial charge in [0.2, 0.25) is 0 Å². The first kappa shape index (κ1) is 15.8. The fourth-order valence-electron chi connectivity index (χ4n) is 2.58. The van der Waals surface area contributed by atoms with E-state index in [2.05, 4.69) is 12.2 Å². The Morgan fingerprint density at radius 1 is 1.42 bits per heavy atom. The maximum Gasteiger partial charge on any atom is 0.317 e. The lowest BCUT2D eigenvalue weighted by atomic mass is 9.96. The highest BCUT2D eigenvalue weighted by molar-refractivity contribution is 5.76. The Hall–Kier alpha value is -1.26. The number of nitrogens with zero attached hydrogens (tertiary/aromatic N) is 1. The molecule has 1 rings (SSSR count). The summed E-state index contributed by atoms with van der Waals surface area (Å²) in [5, 5.41) is 11.8. The van der Waals surface area contributed by atoms with Crippen LogP contribution in [0.4, 0.5) is 4.79 Å². The van der Waals surface area contributed by atoms with Gasteiger partial charge in [-0.05, 0) is 24.7 Å². The second-order valence-corrected chi connectivity index (χ2v) is 5.76. The minimum atomic E-state index is -0.847. The number of hydrogen-bond acceptors (Lipinski definition) is 2. The molecular weight excluding hydrogens is 244 g/mol. The molecule has 0 bridgehead atoms. The monoisotopic (exact) mass is 270 g/mol. The third-order valence-electron chi connectivity index (χ3n) is 3.87. The zero-order chi connectivity index (χ0) is 14.4. The molecule has 5 nitrogen and oxygen atoms in total. The van der Waals surface area contributed by atoms with Crippen molar-refractivity contribution in [1.82, 2.24) is 10.2 Å². The lowest BCUT2D eigenvalue weighted by Gasteiger charge is -2.21. The van der Waals surface area contributed by atoms with Gasteiger partial charge in [0.25, 0.3) is 0 Å². The van der Waals surface area contributed by atoms with E-state index >= 15 is 0 Å². The highest BCUT2D eigenvalue weighted by Crippen LogP contribution is 2.20. The topological polar surface area (TPSA) is 69.6 Å². The van der Waals surface area contributed by atoms with Crippen molar-refractivity contribution in [3.63, 3.8) is 0 Å². The van der Waals surface area contributed by atoms with E-state index in [1.807, 2.05) is 13.8 Å². The van der Waals surface area contributed by atoms with Gasteiger partial charge in [0.15, 0.2) is 0 Å². The molecule has 1 heterocycles. The van der Waals surface area contributed by atoms with Crippen LogP contribution >= 0.6 is 0 Å². The molecule has 19 heavy (non-hydrogen) atoms. The fraction of sp³-hybridized carbons (Fsp3) is 0.857. The van der Waals surface area contributed by atoms with Crippen LogP contribution in [0.15, 0.2) is 0 Å². The molecule has 0 saturated carbocycles. The van der Waals surface area contributed by atoms with Gasteiger partial charge in [-0.3, -0.25) is 4.79 Å². The molecule has 0 aromatic heterocycles. The molecule has 2 N–H and O–H groups in total. The Bertz CT molecular complexity index is 318. The van der Waals surface area contributed by atoms with Gasteiger partial charge in [-0.15, -0.1) is 0 Å². The molecule has 1 aliphatic rings. The van der Waals surface area contributed by atoms with Gasteiger partial charge >= 0.3 is 12.0 Å². The Labute approximate surface area is 115 Å². The van der Waals surface area contributed by atoms with Crippen molar-refractivity contribution < 1.29 is 14.7 Å². The van der Waals surface area contributed by atoms with Gasteiger partial charge in [0.05, 0.1) is 5.92 Å². The predicted molar refractivity (Wildman–Crippen MR) is 74.0 cm³/mol. The van der Waals surface area contributed by atoms with Crippen LogP contribution in [0.5, 0.6) is 0 Å². The van der Waals surface area contributed by atoms with Gasteiger partial charge in [-0.2, -0.15) is 0 Å². The van der Waals surface area contributed by atoms with Crippen LogP contribution in [0.25, 0.3) is 0 Å². The van der Waals surface area contributed by atoms with Crippen molar-refractivity contribution in [2.45, 2.75) is 40.0 Å². The molecule has 2 atom stereocenters. The average Bonchev–Trinajstić information content (AvgIpc) is 2.77. The molecule has 0 spiro atoms. The Balaban J connectivity index is 2.37. The van der Waals surface area contributed by atoms with Gasteiger partial charge in [-0.25, -0.2) is 4.79 Å². The largest absolute Gasteiger partial charge is 0.481 e. The van der Waals surface area contributed by atoms with Crippen LogP contribution in [-0.4, -0.2) is 41.6 Å². The van der Waals surface area contributed by atoms with Gasteiger partial charge in [0.1, 0.15) is 0 Å². The Morgan fingerprint density at radius 3 is 2.63 bits per heavy atom. The minimum Gasteiger partial charge on any atom is -0.481 e. The normalized spacial score (nSPS) is 20.6. The molecule has 0 aliphatic carbocycles. The van der Waals surface area contributed by atoms with Crippen LogP contribution in [0.2, 0.25) is 0 Å². The number of likely N-dealkylation sites (tertiary alicyclic amines) is 1. The summed E-state index contributed by atoms with van der Waals surface area (Å²) in [6.45, 7) is 7.68. The quantitative estimate of drug-likeness (QED) is 0.777. The second-order valence-electron chi connectivity index (χ2n) is 5.76. The molecule has 0 aromatic rings. The summed E-state index contributed by atoms with van der Waals surface area (Å²) < 4.78 is 0. The summed E-state index contributed by atoms with van der Waals surface area (Å²) >= 11 is 0. The van der Waals surface area contributed by atoms with E-state index in [9.17, 15) is 9.59 Å². The van der Waals surface area contributed by atoms with Crippen LogP contribution in [0.3, 0.4) is 0 Å². The second kappa shape index (κ2) is 7.36. The van der Waals surface area contributed by atoms with Crippen LogP contribution < -0.4 is 5.32 Å². The average molecular weight is 270 g/mol. The number of carboxylic acids is 1. The lowest BCUT2D eigenvalue weighted by molar-refractivity contribution is -0.142. The zero-order valence-corrected chi connectivity index (χ0v) is 12.2. The number of carbonyl (C=O) groups excluding carboxylic acids is 1. The van der Waals surface area contributed by atoms with Crippen molar-refractivity contribution in [2.24, 2.45) is 17.8 Å². The molecule has 1 aliphatic heterocycles. The summed E-state index contributed by atoms with van der Waals surface area (Å²) in [6.07, 6.45) is 3.37. The number of nitrogens with one attached hydrogen (secondary N) is 1. The van der Waals surface area contributed by atoms with Crippen molar-refractivity contribution in [2.75, 3.05) is 19.6 Å². The third-order valence-corrected chi connectivity index (χ3v) is 3.87. The van der Waals surface area contributed by atoms with Crippen molar-refractivity contribution >= 4 is 12.0 Å². The smallest absolute Gasteiger partial charge is 0.317 e. The van der Waals surface area contributed by atoms with E-state index in [4.69, 9.17) is 5.11 Å². The molecule has 0 radical (unpaired) electrons.